The predicted molar refractivity (Wildman–Crippen MR) is 57.1 cm³/mol. The van der Waals surface area contributed by atoms with Crippen molar-refractivity contribution in [1.29, 1.82) is 0 Å². The number of hydrogen-bond donors (Lipinski definition) is 0. The molecule has 0 aromatic carbocycles. The molecule has 71 valence electrons. The van der Waals surface area contributed by atoms with Crippen molar-refractivity contribution in [2.24, 2.45) is 0 Å². The summed E-state index contributed by atoms with van der Waals surface area (Å²) in [4.78, 5) is 0. The van der Waals surface area contributed by atoms with E-state index in [2.05, 4.69) is 33.8 Å². The maximum absolute atomic E-state index is 2.41. The number of allylic oxidation sites excluding steroid dienone is 2. The van der Waals surface area contributed by atoms with Crippen molar-refractivity contribution < 1.29 is 0 Å². The van der Waals surface area contributed by atoms with E-state index in [1.165, 1.54) is 38.0 Å². The van der Waals surface area contributed by atoms with Crippen molar-refractivity contribution in [3.05, 3.63) is 17.6 Å². The summed E-state index contributed by atoms with van der Waals surface area (Å²) in [6, 6.07) is 0. The first-order chi connectivity index (χ1) is 5.72. The van der Waals surface area contributed by atoms with E-state index in [-0.39, 0.29) is 0 Å². The zero-order valence-corrected chi connectivity index (χ0v) is 9.11. The molecule has 0 aromatic rings. The molecule has 1 radical (unpaired) electrons. The summed E-state index contributed by atoms with van der Waals surface area (Å²) >= 11 is 0. The van der Waals surface area contributed by atoms with Gasteiger partial charge >= 0.3 is 0 Å². The molecule has 0 aliphatic carbocycles. The van der Waals surface area contributed by atoms with Gasteiger partial charge in [-0.15, -0.1) is 0 Å². The maximum atomic E-state index is 2.41. The highest BCUT2D eigenvalue weighted by molar-refractivity contribution is 5.20. The summed E-state index contributed by atoms with van der Waals surface area (Å²) in [5, 5.41) is 0. The Morgan fingerprint density at radius 3 is 2.17 bits per heavy atom. The Labute approximate surface area is 78.1 Å². The fraction of sp³-hybridized carbons (Fsp3) is 0.750. The normalized spacial score (nSPS) is 12.6. The molecule has 0 aromatic heterocycles. The third-order valence-electron chi connectivity index (χ3n) is 2.12. The minimum absolute atomic E-state index is 1.24. The van der Waals surface area contributed by atoms with Crippen molar-refractivity contribution >= 4 is 0 Å². The van der Waals surface area contributed by atoms with Crippen LogP contribution in [0.4, 0.5) is 0 Å². The van der Waals surface area contributed by atoms with Crippen molar-refractivity contribution in [2.45, 2.75) is 59.8 Å². The van der Waals surface area contributed by atoms with Gasteiger partial charge in [0.25, 0.3) is 0 Å². The van der Waals surface area contributed by atoms with Crippen LogP contribution in [0.1, 0.15) is 59.8 Å². The standard InChI is InChI=1S/C12H23/c1-5-7-9-12(11(3)4)10-8-6-2/h9H,5-8,10H2,1-4H3. The van der Waals surface area contributed by atoms with Crippen LogP contribution >= 0.6 is 0 Å². The first kappa shape index (κ1) is 11.7. The smallest absolute Gasteiger partial charge is 0.00564 e. The molecule has 0 heterocycles. The van der Waals surface area contributed by atoms with Crippen LogP contribution in [-0.2, 0) is 0 Å². The van der Waals surface area contributed by atoms with E-state index in [4.69, 9.17) is 0 Å². The molecule has 12 heavy (non-hydrogen) atoms. The average molecular weight is 167 g/mol. The van der Waals surface area contributed by atoms with Gasteiger partial charge in [-0.1, -0.05) is 52.2 Å². The van der Waals surface area contributed by atoms with Crippen LogP contribution in [0.3, 0.4) is 0 Å². The van der Waals surface area contributed by atoms with Crippen molar-refractivity contribution in [3.8, 4) is 0 Å². The molecule has 0 nitrogen and oxygen atoms in total. The highest BCUT2D eigenvalue weighted by Gasteiger charge is 2.01. The van der Waals surface area contributed by atoms with Crippen LogP contribution in [0, 0.1) is 5.92 Å². The molecule has 0 aliphatic heterocycles. The lowest BCUT2D eigenvalue weighted by Gasteiger charge is -2.09. The van der Waals surface area contributed by atoms with Gasteiger partial charge in [-0.25, -0.2) is 0 Å². The van der Waals surface area contributed by atoms with Crippen molar-refractivity contribution in [1.82, 2.24) is 0 Å². The van der Waals surface area contributed by atoms with Gasteiger partial charge in [0.2, 0.25) is 0 Å². The fourth-order valence-corrected chi connectivity index (χ4v) is 1.24. The highest BCUT2D eigenvalue weighted by Crippen LogP contribution is 2.19. The Morgan fingerprint density at radius 1 is 1.08 bits per heavy atom. The quantitative estimate of drug-likeness (QED) is 0.545. The summed E-state index contributed by atoms with van der Waals surface area (Å²) in [7, 11) is 0. The minimum Gasteiger partial charge on any atom is -0.0848 e. The Kier molecular flexibility index (Phi) is 7.23. The molecule has 0 amide bonds. The van der Waals surface area contributed by atoms with Gasteiger partial charge in [0.1, 0.15) is 0 Å². The summed E-state index contributed by atoms with van der Waals surface area (Å²) in [5.41, 5.74) is 1.58. The summed E-state index contributed by atoms with van der Waals surface area (Å²) < 4.78 is 0. The molecule has 0 rings (SSSR count). The second-order valence-corrected chi connectivity index (χ2v) is 3.62. The third kappa shape index (κ3) is 5.40. The molecule has 0 fully saturated rings. The van der Waals surface area contributed by atoms with Gasteiger partial charge < -0.3 is 0 Å². The Hall–Kier alpha value is -0.260. The van der Waals surface area contributed by atoms with Gasteiger partial charge in [0.15, 0.2) is 0 Å². The second-order valence-electron chi connectivity index (χ2n) is 3.62. The van der Waals surface area contributed by atoms with Crippen molar-refractivity contribution in [3.63, 3.8) is 0 Å². The molecule has 0 aliphatic rings. The molecule has 0 heteroatoms. The van der Waals surface area contributed by atoms with E-state index in [0.717, 1.165) is 0 Å². The van der Waals surface area contributed by atoms with Crippen LogP contribution in [0.5, 0.6) is 0 Å². The Bertz CT molecular complexity index is 120. The first-order valence-corrected chi connectivity index (χ1v) is 5.21. The van der Waals surface area contributed by atoms with E-state index < -0.39 is 0 Å². The number of hydrogen-bond acceptors (Lipinski definition) is 0. The second kappa shape index (κ2) is 7.39. The lowest BCUT2D eigenvalue weighted by Crippen LogP contribution is -1.92. The van der Waals surface area contributed by atoms with Crippen LogP contribution in [0.2, 0.25) is 0 Å². The van der Waals surface area contributed by atoms with Crippen LogP contribution < -0.4 is 0 Å². The Morgan fingerprint density at radius 2 is 1.75 bits per heavy atom. The van der Waals surface area contributed by atoms with E-state index >= 15 is 0 Å². The molecule has 0 spiro atoms. The van der Waals surface area contributed by atoms with E-state index in [1.54, 1.807) is 5.57 Å². The molecular formula is C12H23. The van der Waals surface area contributed by atoms with Gasteiger partial charge in [0.05, 0.1) is 0 Å². The summed E-state index contributed by atoms with van der Waals surface area (Å²) in [6.07, 6.45) is 8.83. The van der Waals surface area contributed by atoms with Gasteiger partial charge in [0, 0.05) is 0 Å². The lowest BCUT2D eigenvalue weighted by molar-refractivity contribution is 0.767. The SMILES string of the molecule is CCCC=C(CCCC)[C](C)C. The zero-order valence-electron chi connectivity index (χ0n) is 9.11. The fourth-order valence-electron chi connectivity index (χ4n) is 1.24. The number of unbranched alkanes of at least 4 members (excludes halogenated alkanes) is 2. The maximum Gasteiger partial charge on any atom is -0.00564 e. The zero-order chi connectivity index (χ0) is 9.40. The van der Waals surface area contributed by atoms with E-state index in [0.29, 0.717) is 0 Å². The topological polar surface area (TPSA) is 0 Å². The molecule has 0 atom stereocenters. The highest BCUT2D eigenvalue weighted by atomic mass is 14.1. The average Bonchev–Trinajstić information content (AvgIpc) is 2.04. The minimum atomic E-state index is 1.24. The Balaban J connectivity index is 3.85. The third-order valence-corrected chi connectivity index (χ3v) is 2.12. The number of rotatable bonds is 6. The van der Waals surface area contributed by atoms with Crippen molar-refractivity contribution in [2.75, 3.05) is 0 Å². The summed E-state index contributed by atoms with van der Waals surface area (Å²) in [5.74, 6) is 1.50. The van der Waals surface area contributed by atoms with Crippen LogP contribution in [0.15, 0.2) is 11.6 Å². The van der Waals surface area contributed by atoms with Crippen LogP contribution in [0.25, 0.3) is 0 Å². The van der Waals surface area contributed by atoms with E-state index in [9.17, 15) is 0 Å². The van der Waals surface area contributed by atoms with Crippen LogP contribution in [-0.4, -0.2) is 0 Å². The molecule has 0 saturated carbocycles. The van der Waals surface area contributed by atoms with Gasteiger partial charge in [-0.2, -0.15) is 0 Å². The molecule has 0 bridgehead atoms. The van der Waals surface area contributed by atoms with Gasteiger partial charge in [-0.05, 0) is 25.2 Å². The monoisotopic (exact) mass is 167 g/mol. The predicted octanol–water partition coefficient (Wildman–Crippen LogP) is 4.52. The molecule has 0 unspecified atom stereocenters. The first-order valence-electron chi connectivity index (χ1n) is 5.21. The molecule has 0 saturated heterocycles. The van der Waals surface area contributed by atoms with E-state index in [1.807, 2.05) is 0 Å². The lowest BCUT2D eigenvalue weighted by atomic mass is 9.96. The van der Waals surface area contributed by atoms with Gasteiger partial charge in [-0.3, -0.25) is 0 Å². The molecule has 0 N–H and O–H groups in total. The summed E-state index contributed by atoms with van der Waals surface area (Å²) in [6.45, 7) is 8.93. The largest absolute Gasteiger partial charge is 0.0848 e. The molecular weight excluding hydrogens is 144 g/mol.